The van der Waals surface area contributed by atoms with Crippen molar-refractivity contribution in [2.45, 2.75) is 20.0 Å². The molecule has 0 atom stereocenters. The molecule has 1 fully saturated rings. The summed E-state index contributed by atoms with van der Waals surface area (Å²) in [6.45, 7) is 6.97. The summed E-state index contributed by atoms with van der Waals surface area (Å²) < 4.78 is 8.31. The minimum absolute atomic E-state index is 0. The monoisotopic (exact) mass is 456 g/mol. The minimum Gasteiger partial charge on any atom is -0.378 e. The quantitative estimate of drug-likeness (QED) is 0.430. The van der Waals surface area contributed by atoms with Crippen molar-refractivity contribution >= 4 is 58.1 Å². The van der Waals surface area contributed by atoms with Crippen LogP contribution in [0.25, 0.3) is 21.9 Å². The molecular formula is C22H25ClN6OS. The van der Waals surface area contributed by atoms with Crippen molar-refractivity contribution in [1.29, 1.82) is 0 Å². The van der Waals surface area contributed by atoms with Gasteiger partial charge in [-0.15, -0.1) is 12.4 Å². The van der Waals surface area contributed by atoms with Crippen LogP contribution in [-0.4, -0.2) is 45.8 Å². The van der Waals surface area contributed by atoms with E-state index in [-0.39, 0.29) is 12.4 Å². The molecule has 0 unspecified atom stereocenters. The number of aromatic nitrogens is 4. The second kappa shape index (κ2) is 9.21. The maximum absolute atomic E-state index is 5.51. The zero-order valence-corrected chi connectivity index (χ0v) is 18.9. The van der Waals surface area contributed by atoms with Crippen molar-refractivity contribution in [3.8, 4) is 0 Å². The number of rotatable bonds is 5. The lowest BCUT2D eigenvalue weighted by Gasteiger charge is -2.30. The van der Waals surface area contributed by atoms with Gasteiger partial charge in [-0.05, 0) is 42.9 Å². The molecule has 0 saturated carbocycles. The number of nitrogens with one attached hydrogen (secondary N) is 2. The van der Waals surface area contributed by atoms with Gasteiger partial charge in [-0.25, -0.2) is 9.97 Å². The van der Waals surface area contributed by atoms with Crippen molar-refractivity contribution in [1.82, 2.24) is 19.5 Å². The average Bonchev–Trinajstić information content (AvgIpc) is 3.10. The van der Waals surface area contributed by atoms with Gasteiger partial charge in [-0.3, -0.25) is 0 Å². The number of para-hydroxylation sites is 1. The number of nitrogens with zero attached hydrogens (tertiary/aromatic N) is 4. The Labute approximate surface area is 191 Å². The summed E-state index contributed by atoms with van der Waals surface area (Å²) in [5.74, 6) is 0.822. The van der Waals surface area contributed by atoms with Crippen molar-refractivity contribution < 1.29 is 4.74 Å². The van der Waals surface area contributed by atoms with Crippen LogP contribution in [-0.2, 0) is 17.8 Å². The summed E-state index contributed by atoms with van der Waals surface area (Å²) in [5, 5.41) is 4.51. The molecule has 0 spiro atoms. The molecule has 0 bridgehead atoms. The maximum Gasteiger partial charge on any atom is 0.178 e. The van der Waals surface area contributed by atoms with Crippen molar-refractivity contribution in [2.75, 3.05) is 36.5 Å². The Morgan fingerprint density at radius 3 is 2.77 bits per heavy atom. The molecule has 0 amide bonds. The van der Waals surface area contributed by atoms with Gasteiger partial charge < -0.3 is 24.5 Å². The first kappa shape index (κ1) is 21.5. The number of H-pyrrole nitrogens is 1. The van der Waals surface area contributed by atoms with Crippen molar-refractivity contribution in [3.63, 3.8) is 0 Å². The molecule has 2 aromatic carbocycles. The van der Waals surface area contributed by atoms with E-state index >= 15 is 0 Å². The van der Waals surface area contributed by atoms with E-state index < -0.39 is 0 Å². The molecular weight excluding hydrogens is 432 g/mol. The van der Waals surface area contributed by atoms with Crippen LogP contribution in [0, 0.1) is 4.77 Å². The summed E-state index contributed by atoms with van der Waals surface area (Å²) >= 11 is 5.46. The molecule has 9 heteroatoms. The molecule has 31 heavy (non-hydrogen) atoms. The number of aromatic amines is 1. The van der Waals surface area contributed by atoms with E-state index in [1.165, 1.54) is 11.3 Å². The number of hydrogen-bond donors (Lipinski definition) is 2. The third kappa shape index (κ3) is 4.11. The molecule has 7 nitrogen and oxygen atoms in total. The van der Waals surface area contributed by atoms with Gasteiger partial charge in [0.25, 0.3) is 0 Å². The molecule has 0 aliphatic carbocycles. The third-order valence-electron chi connectivity index (χ3n) is 5.64. The van der Waals surface area contributed by atoms with Gasteiger partial charge in [-0.1, -0.05) is 18.2 Å². The van der Waals surface area contributed by atoms with Gasteiger partial charge in [0.1, 0.15) is 12.1 Å². The highest BCUT2D eigenvalue weighted by atomic mass is 35.5. The van der Waals surface area contributed by atoms with Crippen LogP contribution in [0.5, 0.6) is 0 Å². The van der Waals surface area contributed by atoms with Crippen LogP contribution in [0.2, 0.25) is 0 Å². The fraction of sp³-hybridized carbons (Fsp3) is 0.318. The molecule has 1 aliphatic rings. The molecule has 5 rings (SSSR count). The highest BCUT2D eigenvalue weighted by Crippen LogP contribution is 2.27. The SMILES string of the molecule is CCn1c(=S)[nH]c2cc3c(NCc4ccccc4N4CCOCC4)ncnc3cc21.Cl. The molecule has 3 heterocycles. The van der Waals surface area contributed by atoms with Gasteiger partial charge in [0.2, 0.25) is 0 Å². The zero-order valence-electron chi connectivity index (χ0n) is 17.3. The first-order valence-corrected chi connectivity index (χ1v) is 10.7. The number of imidazole rings is 1. The number of ether oxygens (including phenoxy) is 1. The Morgan fingerprint density at radius 2 is 1.97 bits per heavy atom. The first-order valence-electron chi connectivity index (χ1n) is 10.3. The van der Waals surface area contributed by atoms with E-state index in [9.17, 15) is 0 Å². The van der Waals surface area contributed by atoms with Crippen LogP contribution in [0.1, 0.15) is 12.5 Å². The Hall–Kier alpha value is -2.68. The summed E-state index contributed by atoms with van der Waals surface area (Å²) in [6, 6.07) is 12.7. The number of morpholine rings is 1. The second-order valence-electron chi connectivity index (χ2n) is 7.36. The Kier molecular flexibility index (Phi) is 6.41. The number of aryl methyl sites for hydroxylation is 1. The zero-order chi connectivity index (χ0) is 20.5. The van der Waals surface area contributed by atoms with Crippen LogP contribution < -0.4 is 10.2 Å². The standard InChI is InChI=1S/C22H24N6OS.ClH/c1-2-28-20-12-17-16(11-18(20)26-22(28)30)21(25-14-24-17)23-13-15-5-3-4-6-19(15)27-7-9-29-10-8-27;/h3-6,11-12,14H,2,7-10,13H2,1H3,(H,26,30)(H,23,24,25);1H. The van der Waals surface area contributed by atoms with Crippen molar-refractivity contribution in [3.05, 3.63) is 53.1 Å². The lowest BCUT2D eigenvalue weighted by molar-refractivity contribution is 0.122. The molecule has 1 saturated heterocycles. The van der Waals surface area contributed by atoms with Crippen molar-refractivity contribution in [2.24, 2.45) is 0 Å². The Balaban J connectivity index is 0.00000231. The van der Waals surface area contributed by atoms with E-state index in [2.05, 4.69) is 73.1 Å². The Morgan fingerprint density at radius 1 is 1.16 bits per heavy atom. The van der Waals surface area contributed by atoms with Crippen LogP contribution in [0.4, 0.5) is 11.5 Å². The number of fused-ring (bicyclic) bond motifs is 2. The van der Waals surface area contributed by atoms with E-state index in [1.807, 2.05) is 0 Å². The first-order chi connectivity index (χ1) is 14.7. The number of hydrogen-bond acceptors (Lipinski definition) is 6. The summed E-state index contributed by atoms with van der Waals surface area (Å²) in [6.07, 6.45) is 1.61. The maximum atomic E-state index is 5.51. The topological polar surface area (TPSA) is 71.0 Å². The smallest absolute Gasteiger partial charge is 0.178 e. The fourth-order valence-corrected chi connectivity index (χ4v) is 4.45. The predicted octanol–water partition coefficient (Wildman–Crippen LogP) is 4.53. The largest absolute Gasteiger partial charge is 0.378 e. The lowest BCUT2D eigenvalue weighted by Crippen LogP contribution is -2.36. The van der Waals surface area contributed by atoms with Gasteiger partial charge in [-0.2, -0.15) is 0 Å². The van der Waals surface area contributed by atoms with Crippen LogP contribution in [0.3, 0.4) is 0 Å². The highest BCUT2D eigenvalue weighted by Gasteiger charge is 2.15. The van der Waals surface area contributed by atoms with Crippen LogP contribution in [0.15, 0.2) is 42.7 Å². The highest BCUT2D eigenvalue weighted by molar-refractivity contribution is 7.71. The second-order valence-corrected chi connectivity index (χ2v) is 7.75. The third-order valence-corrected chi connectivity index (χ3v) is 5.96. The molecule has 162 valence electrons. The average molecular weight is 457 g/mol. The van der Waals surface area contributed by atoms with Gasteiger partial charge in [0.05, 0.1) is 29.8 Å². The molecule has 2 aromatic heterocycles. The molecule has 1 aliphatic heterocycles. The molecule has 2 N–H and O–H groups in total. The van der Waals surface area contributed by atoms with Gasteiger partial charge in [0.15, 0.2) is 4.77 Å². The summed E-state index contributed by atoms with van der Waals surface area (Å²) in [4.78, 5) is 14.7. The minimum atomic E-state index is 0. The van der Waals surface area contributed by atoms with E-state index in [4.69, 9.17) is 17.0 Å². The van der Waals surface area contributed by atoms with Crippen LogP contribution >= 0.6 is 24.6 Å². The molecule has 4 aromatic rings. The van der Waals surface area contributed by atoms with E-state index in [0.29, 0.717) is 6.54 Å². The number of halogens is 1. The normalized spacial score (nSPS) is 14.0. The number of benzene rings is 2. The van der Waals surface area contributed by atoms with E-state index in [0.717, 1.165) is 65.4 Å². The van der Waals surface area contributed by atoms with Gasteiger partial charge >= 0.3 is 0 Å². The Bertz CT molecular complexity index is 1260. The number of anilines is 2. The summed E-state index contributed by atoms with van der Waals surface area (Å²) in [5.41, 5.74) is 5.46. The molecule has 0 radical (unpaired) electrons. The lowest BCUT2D eigenvalue weighted by atomic mass is 10.1. The van der Waals surface area contributed by atoms with E-state index in [1.54, 1.807) is 6.33 Å². The summed E-state index contributed by atoms with van der Waals surface area (Å²) in [7, 11) is 0. The van der Waals surface area contributed by atoms with Gasteiger partial charge in [0, 0.05) is 37.3 Å². The predicted molar refractivity (Wildman–Crippen MR) is 130 cm³/mol. The fourth-order valence-electron chi connectivity index (χ4n) is 4.11.